The first-order chi connectivity index (χ1) is 36.1. The maximum atomic E-state index is 14.4. The van der Waals surface area contributed by atoms with Gasteiger partial charge in [-0.05, 0) is 73.2 Å². The van der Waals surface area contributed by atoms with Crippen LogP contribution in [0.5, 0.6) is 0 Å². The van der Waals surface area contributed by atoms with E-state index >= 15 is 0 Å². The van der Waals surface area contributed by atoms with Gasteiger partial charge in [0, 0.05) is 104 Å². The summed E-state index contributed by atoms with van der Waals surface area (Å²) in [4.78, 5) is 80.6. The molecule has 386 valence electrons. The summed E-state index contributed by atoms with van der Waals surface area (Å²) in [6.07, 6.45) is 7.92. The van der Waals surface area contributed by atoms with Gasteiger partial charge in [-0.2, -0.15) is 0 Å². The largest absolute Gasteiger partial charge is 0.340 e. The number of likely N-dealkylation sites (tertiary alicyclic amines) is 2. The lowest BCUT2D eigenvalue weighted by molar-refractivity contribution is -0.137. The SMILES string of the molecule is CN1CCN(CCC(=O)N[C@@H](C(=O)N2CCC[C@H]2c2ncc(-c3ccc(-c4ccc(-c5cnc([C@@H]6CCCN6C(=O)[C@H](NC(=O)CCN6CCN(C)CC6)c6ccccc6)s5)cc4)cc3)s2)c2ccccc2)CC1. The molecule has 14 nitrogen and oxygen atoms in total. The van der Waals surface area contributed by atoms with Crippen molar-refractivity contribution in [1.29, 1.82) is 0 Å². The molecule has 6 heterocycles. The van der Waals surface area contributed by atoms with E-state index in [0.29, 0.717) is 39.0 Å². The van der Waals surface area contributed by atoms with Gasteiger partial charge in [0.05, 0.1) is 21.8 Å². The summed E-state index contributed by atoms with van der Waals surface area (Å²) in [7, 11) is 4.25. The number of likely N-dealkylation sites (N-methyl/N-ethyl adjacent to an activating group) is 2. The first-order valence-electron chi connectivity index (χ1n) is 26.4. The minimum absolute atomic E-state index is 0.0928. The van der Waals surface area contributed by atoms with Gasteiger partial charge in [-0.15, -0.1) is 22.7 Å². The van der Waals surface area contributed by atoms with E-state index in [4.69, 9.17) is 9.97 Å². The Kier molecular flexibility index (Phi) is 16.7. The molecule has 0 unspecified atom stereocenters. The van der Waals surface area contributed by atoms with Crippen molar-refractivity contribution in [1.82, 2.24) is 50.0 Å². The molecule has 4 aliphatic rings. The monoisotopic (exact) mass is 1030 g/mol. The molecule has 2 aromatic heterocycles. The maximum absolute atomic E-state index is 14.4. The van der Waals surface area contributed by atoms with Crippen LogP contribution in [0.25, 0.3) is 32.0 Å². The Morgan fingerprint density at radius 1 is 0.500 bits per heavy atom. The second kappa shape index (κ2) is 24.0. The van der Waals surface area contributed by atoms with E-state index < -0.39 is 12.1 Å². The van der Waals surface area contributed by atoms with Crippen molar-refractivity contribution in [2.75, 3.05) is 92.6 Å². The smallest absolute Gasteiger partial charge is 0.250 e. The molecular formula is C58H68N10O4S2. The Morgan fingerprint density at radius 3 is 1.24 bits per heavy atom. The van der Waals surface area contributed by atoms with E-state index in [9.17, 15) is 19.2 Å². The Balaban J connectivity index is 0.761. The topological polar surface area (TPSA) is 138 Å². The van der Waals surface area contributed by atoms with Crippen molar-refractivity contribution in [3.8, 4) is 32.0 Å². The molecule has 2 N–H and O–H groups in total. The maximum Gasteiger partial charge on any atom is 0.250 e. The molecule has 16 heteroatoms. The summed E-state index contributed by atoms with van der Waals surface area (Å²) >= 11 is 3.25. The molecule has 0 bridgehead atoms. The number of thiazole rings is 2. The second-order valence-electron chi connectivity index (χ2n) is 20.3. The zero-order chi connectivity index (χ0) is 51.0. The molecule has 74 heavy (non-hydrogen) atoms. The van der Waals surface area contributed by atoms with Crippen LogP contribution < -0.4 is 10.6 Å². The predicted molar refractivity (Wildman–Crippen MR) is 293 cm³/mol. The molecule has 0 radical (unpaired) electrons. The van der Waals surface area contributed by atoms with E-state index in [-0.39, 0.29) is 35.7 Å². The highest BCUT2D eigenvalue weighted by Gasteiger charge is 2.39. The van der Waals surface area contributed by atoms with Crippen LogP contribution in [-0.2, 0) is 19.2 Å². The zero-order valence-electron chi connectivity index (χ0n) is 42.6. The van der Waals surface area contributed by atoms with Crippen LogP contribution in [-0.4, -0.2) is 156 Å². The van der Waals surface area contributed by atoms with Crippen molar-refractivity contribution < 1.29 is 19.2 Å². The third-order valence-electron chi connectivity index (χ3n) is 15.2. The molecule has 6 aromatic rings. The fourth-order valence-electron chi connectivity index (χ4n) is 10.7. The molecule has 4 amide bonds. The Morgan fingerprint density at radius 2 is 0.865 bits per heavy atom. The van der Waals surface area contributed by atoms with E-state index in [1.165, 1.54) is 0 Å². The molecule has 4 saturated heterocycles. The van der Waals surface area contributed by atoms with Gasteiger partial charge in [-0.3, -0.25) is 19.2 Å². The van der Waals surface area contributed by atoms with Gasteiger partial charge >= 0.3 is 0 Å². The summed E-state index contributed by atoms with van der Waals surface area (Å²) in [5.41, 5.74) is 5.89. The van der Waals surface area contributed by atoms with E-state index in [1.807, 2.05) is 82.9 Å². The highest BCUT2D eigenvalue weighted by Crippen LogP contribution is 2.41. The number of rotatable bonds is 17. The number of nitrogens with one attached hydrogen (secondary N) is 2. The van der Waals surface area contributed by atoms with E-state index in [0.717, 1.165) is 131 Å². The Bertz CT molecular complexity index is 2630. The standard InChI is InChI=1S/C58H68N10O4S2/c1-63-31-35-65(36-32-63)29-25-51(69)61-53(45-11-5-3-6-12-45)57(71)67-27-9-15-47(67)55-59-39-49(73-55)43-21-17-41(18-22-43)42-19-23-44(24-20-42)50-40-60-56(74-50)48-16-10-28-68(48)58(72)54(46-13-7-4-8-14-46)62-52(70)26-30-66-37-33-64(2)34-38-66/h3-8,11-14,17-24,39-40,47-48,53-54H,9-10,15-16,25-38H2,1-2H3,(H,61,69)(H,62,70)/t47-,48-,53+,54+/m0/s1. The highest BCUT2D eigenvalue weighted by atomic mass is 32.1. The first kappa shape index (κ1) is 51.4. The number of benzene rings is 4. The average Bonchev–Trinajstić information content (AvgIpc) is 4.30. The molecule has 4 aliphatic heterocycles. The summed E-state index contributed by atoms with van der Waals surface area (Å²) in [6.45, 7) is 10.3. The van der Waals surface area contributed by atoms with Crippen LogP contribution in [0.2, 0.25) is 0 Å². The van der Waals surface area contributed by atoms with Gasteiger partial charge < -0.3 is 40.0 Å². The molecule has 0 aliphatic carbocycles. The van der Waals surface area contributed by atoms with Crippen LogP contribution in [0.3, 0.4) is 0 Å². The van der Waals surface area contributed by atoms with Crippen molar-refractivity contribution in [3.05, 3.63) is 143 Å². The number of aromatic nitrogens is 2. The normalized spacial score (nSPS) is 19.9. The van der Waals surface area contributed by atoms with E-state index in [2.05, 4.69) is 92.9 Å². The zero-order valence-corrected chi connectivity index (χ0v) is 44.2. The van der Waals surface area contributed by atoms with Gasteiger partial charge in [0.2, 0.25) is 23.6 Å². The minimum atomic E-state index is -0.763. The fraction of sp³-hybridized carbons (Fsp3) is 0.414. The van der Waals surface area contributed by atoms with Crippen molar-refractivity contribution in [2.24, 2.45) is 0 Å². The summed E-state index contributed by atoms with van der Waals surface area (Å²) in [5.74, 6) is -0.411. The minimum Gasteiger partial charge on any atom is -0.340 e. The number of amides is 4. The number of hydrogen-bond donors (Lipinski definition) is 2. The molecule has 0 spiro atoms. The van der Waals surface area contributed by atoms with Crippen molar-refractivity contribution in [3.63, 3.8) is 0 Å². The summed E-state index contributed by atoms with van der Waals surface area (Å²) < 4.78 is 0. The molecular weight excluding hydrogens is 965 g/mol. The van der Waals surface area contributed by atoms with Crippen LogP contribution in [0.1, 0.15) is 83.8 Å². The Labute approximate surface area is 443 Å². The van der Waals surface area contributed by atoms with Gasteiger partial charge in [-0.1, -0.05) is 109 Å². The lowest BCUT2D eigenvalue weighted by Crippen LogP contribution is -2.46. The van der Waals surface area contributed by atoms with Gasteiger partial charge in [0.1, 0.15) is 22.1 Å². The number of nitrogens with zero attached hydrogens (tertiary/aromatic N) is 8. The predicted octanol–water partition coefficient (Wildman–Crippen LogP) is 7.92. The van der Waals surface area contributed by atoms with Crippen molar-refractivity contribution >= 4 is 46.3 Å². The van der Waals surface area contributed by atoms with Crippen molar-refractivity contribution in [2.45, 2.75) is 62.7 Å². The third-order valence-corrected chi connectivity index (χ3v) is 17.5. The van der Waals surface area contributed by atoms with Crippen LogP contribution >= 0.6 is 22.7 Å². The molecule has 4 aromatic carbocycles. The number of carbonyl (C=O) groups excluding carboxylic acids is 4. The quantitative estimate of drug-likeness (QED) is 0.0928. The second-order valence-corrected chi connectivity index (χ2v) is 22.4. The average molecular weight is 1030 g/mol. The van der Waals surface area contributed by atoms with Crippen LogP contribution in [0, 0.1) is 0 Å². The third kappa shape index (κ3) is 12.3. The number of hydrogen-bond acceptors (Lipinski definition) is 12. The molecule has 0 saturated carbocycles. The van der Waals surface area contributed by atoms with Gasteiger partial charge in [0.25, 0.3) is 0 Å². The lowest BCUT2D eigenvalue weighted by Gasteiger charge is -2.32. The van der Waals surface area contributed by atoms with Gasteiger partial charge in [-0.25, -0.2) is 9.97 Å². The fourth-order valence-corrected chi connectivity index (χ4v) is 12.8. The number of piperazine rings is 2. The van der Waals surface area contributed by atoms with Gasteiger partial charge in [0.15, 0.2) is 0 Å². The summed E-state index contributed by atoms with van der Waals surface area (Å²) in [5, 5.41) is 8.05. The molecule has 10 rings (SSSR count). The van der Waals surface area contributed by atoms with Crippen LogP contribution in [0.4, 0.5) is 0 Å². The van der Waals surface area contributed by atoms with E-state index in [1.54, 1.807) is 22.7 Å². The molecule has 4 atom stereocenters. The first-order valence-corrected chi connectivity index (χ1v) is 28.0. The number of carbonyl (C=O) groups is 4. The summed E-state index contributed by atoms with van der Waals surface area (Å²) in [6, 6.07) is 34.5. The lowest BCUT2D eigenvalue weighted by atomic mass is 10.0. The Hall–Kier alpha value is -6.14. The van der Waals surface area contributed by atoms with Crippen LogP contribution in [0.15, 0.2) is 122 Å². The highest BCUT2D eigenvalue weighted by molar-refractivity contribution is 7.15. The molecule has 4 fully saturated rings.